The van der Waals surface area contributed by atoms with E-state index in [1.807, 2.05) is 97.1 Å². The van der Waals surface area contributed by atoms with Crippen molar-refractivity contribution in [2.75, 3.05) is 13.2 Å². The molecule has 0 unspecified atom stereocenters. The van der Waals surface area contributed by atoms with Gasteiger partial charge in [0.15, 0.2) is 6.04 Å². The number of ether oxygens (including phenoxy) is 2. The maximum absolute atomic E-state index is 13.5. The highest BCUT2D eigenvalue weighted by Gasteiger charge is 2.40. The number of carbonyl (C=O) groups excluding carboxylic acids is 3. The first-order valence-corrected chi connectivity index (χ1v) is 13.9. The molecule has 9 heteroatoms. The summed E-state index contributed by atoms with van der Waals surface area (Å²) in [7, 11) is 0. The monoisotopic (exact) mass is 576 g/mol. The van der Waals surface area contributed by atoms with E-state index in [4.69, 9.17) is 15.2 Å². The molecule has 2 aliphatic carbocycles. The molecular weight excluding hydrogens is 548 g/mol. The Morgan fingerprint density at radius 3 is 1.26 bits per heavy atom. The van der Waals surface area contributed by atoms with Crippen molar-refractivity contribution in [2.45, 2.75) is 24.3 Å². The summed E-state index contributed by atoms with van der Waals surface area (Å²) in [6, 6.07) is 29.0. The zero-order valence-corrected chi connectivity index (χ0v) is 23.0. The first-order valence-electron chi connectivity index (χ1n) is 13.9. The Morgan fingerprint density at radius 2 is 0.953 bits per heavy atom. The molecule has 0 bridgehead atoms. The molecule has 0 radical (unpaired) electrons. The molecule has 0 heterocycles. The highest BCUT2D eigenvalue weighted by atomic mass is 16.6. The van der Waals surface area contributed by atoms with Crippen molar-refractivity contribution in [3.05, 3.63) is 119 Å². The largest absolute Gasteiger partial charge is 0.480 e. The Labute approximate surface area is 247 Å². The maximum Gasteiger partial charge on any atom is 0.420 e. The van der Waals surface area contributed by atoms with E-state index in [1.54, 1.807) is 0 Å². The molecule has 6 rings (SSSR count). The number of hydrogen-bond acceptors (Lipinski definition) is 6. The van der Waals surface area contributed by atoms with Crippen molar-refractivity contribution in [3.63, 3.8) is 0 Å². The van der Waals surface area contributed by atoms with Gasteiger partial charge in [0.25, 0.3) is 0 Å². The third-order valence-electron chi connectivity index (χ3n) is 8.06. The fourth-order valence-electron chi connectivity index (χ4n) is 6.14. The van der Waals surface area contributed by atoms with Crippen molar-refractivity contribution in [3.8, 4) is 22.3 Å². The first kappa shape index (κ1) is 27.7. The van der Waals surface area contributed by atoms with E-state index in [1.165, 1.54) is 0 Å². The van der Waals surface area contributed by atoms with E-state index in [0.717, 1.165) is 44.5 Å². The quantitative estimate of drug-likeness (QED) is 0.282. The average Bonchev–Trinajstić information content (AvgIpc) is 3.51. The van der Waals surface area contributed by atoms with Crippen LogP contribution in [0, 0.1) is 0 Å². The van der Waals surface area contributed by atoms with Crippen molar-refractivity contribution in [1.29, 1.82) is 0 Å². The second-order valence-electron chi connectivity index (χ2n) is 10.5. The highest BCUT2D eigenvalue weighted by molar-refractivity contribution is 5.95. The highest BCUT2D eigenvalue weighted by Crippen LogP contribution is 2.45. The van der Waals surface area contributed by atoms with Gasteiger partial charge in [0, 0.05) is 11.8 Å². The van der Waals surface area contributed by atoms with E-state index in [2.05, 4.69) is 0 Å². The van der Waals surface area contributed by atoms with Crippen LogP contribution in [-0.4, -0.2) is 53.3 Å². The SMILES string of the molecule is NC(=O)C[C@@H](C(=O)O)N(C(=O)OCC1c2ccccc2-c2ccccc21)C(=O)OCC1c2ccccc2-c2ccccc21. The average molecular weight is 577 g/mol. The molecule has 3 N–H and O–H groups in total. The molecule has 0 saturated heterocycles. The van der Waals surface area contributed by atoms with E-state index in [0.29, 0.717) is 4.90 Å². The van der Waals surface area contributed by atoms with Gasteiger partial charge in [0.2, 0.25) is 5.91 Å². The van der Waals surface area contributed by atoms with Gasteiger partial charge in [-0.2, -0.15) is 4.90 Å². The number of carboxylic acids is 1. The molecule has 4 aromatic rings. The zero-order valence-electron chi connectivity index (χ0n) is 23.0. The van der Waals surface area contributed by atoms with Crippen molar-refractivity contribution >= 4 is 24.1 Å². The maximum atomic E-state index is 13.5. The van der Waals surface area contributed by atoms with Crippen LogP contribution < -0.4 is 5.73 Å². The van der Waals surface area contributed by atoms with Crippen LogP contribution in [0.2, 0.25) is 0 Å². The van der Waals surface area contributed by atoms with Gasteiger partial charge < -0.3 is 20.3 Å². The molecule has 3 amide bonds. The first-order chi connectivity index (χ1) is 20.8. The Morgan fingerprint density at radius 1 is 0.628 bits per heavy atom. The topological polar surface area (TPSA) is 136 Å². The zero-order chi connectivity index (χ0) is 30.1. The number of benzene rings is 4. The molecule has 0 aliphatic heterocycles. The number of imide groups is 1. The summed E-state index contributed by atoms with van der Waals surface area (Å²) in [5.74, 6) is -3.27. The Balaban J connectivity index is 1.24. The van der Waals surface area contributed by atoms with Gasteiger partial charge in [-0.1, -0.05) is 97.1 Å². The fraction of sp³-hybridized carbons (Fsp3) is 0.176. The molecule has 0 fully saturated rings. The third-order valence-corrected chi connectivity index (χ3v) is 8.06. The number of primary amides is 1. The van der Waals surface area contributed by atoms with Crippen LogP contribution in [0.1, 0.15) is 40.5 Å². The number of carbonyl (C=O) groups is 4. The minimum atomic E-state index is -1.91. The molecule has 216 valence electrons. The minimum absolute atomic E-state index is 0.164. The second-order valence-corrected chi connectivity index (χ2v) is 10.5. The summed E-state index contributed by atoms with van der Waals surface area (Å²) in [5.41, 5.74) is 13.1. The van der Waals surface area contributed by atoms with E-state index >= 15 is 0 Å². The Kier molecular flexibility index (Phi) is 7.38. The van der Waals surface area contributed by atoms with E-state index < -0.39 is 36.5 Å². The van der Waals surface area contributed by atoms with Gasteiger partial charge in [0.05, 0.1) is 6.42 Å². The number of rotatable bonds is 8. The Hall–Kier alpha value is -5.44. The second kappa shape index (κ2) is 11.4. The fourth-order valence-corrected chi connectivity index (χ4v) is 6.14. The number of nitrogens with two attached hydrogens (primary N) is 1. The van der Waals surface area contributed by atoms with Crippen molar-refractivity contribution in [2.24, 2.45) is 5.73 Å². The van der Waals surface area contributed by atoms with Crippen LogP contribution in [0.15, 0.2) is 97.1 Å². The molecule has 0 aromatic heterocycles. The number of nitrogens with zero attached hydrogens (tertiary/aromatic N) is 1. The number of aliphatic carboxylic acids is 1. The van der Waals surface area contributed by atoms with Gasteiger partial charge in [0.1, 0.15) is 13.2 Å². The summed E-state index contributed by atoms with van der Waals surface area (Å²) >= 11 is 0. The smallest absolute Gasteiger partial charge is 0.420 e. The van der Waals surface area contributed by atoms with Crippen LogP contribution in [0.25, 0.3) is 22.3 Å². The molecule has 43 heavy (non-hydrogen) atoms. The van der Waals surface area contributed by atoms with Gasteiger partial charge in [-0.05, 0) is 44.5 Å². The number of hydrogen-bond donors (Lipinski definition) is 2. The van der Waals surface area contributed by atoms with Crippen LogP contribution in [-0.2, 0) is 19.1 Å². The molecule has 1 atom stereocenters. The molecule has 4 aromatic carbocycles. The summed E-state index contributed by atoms with van der Waals surface area (Å²) in [4.78, 5) is 51.3. The van der Waals surface area contributed by atoms with E-state index in [9.17, 15) is 24.3 Å². The third kappa shape index (κ3) is 5.10. The van der Waals surface area contributed by atoms with Gasteiger partial charge in [-0.15, -0.1) is 0 Å². The molecule has 0 spiro atoms. The standard InChI is InChI=1S/C34H28N2O7/c35-31(37)17-30(32(38)39)36(33(40)42-18-28-24-13-5-1-9-20(24)21-10-2-6-14-25(21)28)34(41)43-19-29-26-15-7-3-11-22(26)23-12-4-8-16-27(23)29/h1-16,28-30H,17-19H2,(H2,35,37)(H,38,39)/t30-/m0/s1. The lowest BCUT2D eigenvalue weighted by Gasteiger charge is -2.26. The van der Waals surface area contributed by atoms with Crippen LogP contribution in [0.3, 0.4) is 0 Å². The van der Waals surface area contributed by atoms with Gasteiger partial charge in [-0.3, -0.25) is 4.79 Å². The van der Waals surface area contributed by atoms with E-state index in [-0.39, 0.29) is 25.0 Å². The molecule has 9 nitrogen and oxygen atoms in total. The number of fused-ring (bicyclic) bond motifs is 6. The molecule has 0 saturated carbocycles. The number of carboxylic acid groups (broad SMARTS) is 1. The van der Waals surface area contributed by atoms with Crippen LogP contribution in [0.5, 0.6) is 0 Å². The van der Waals surface area contributed by atoms with Crippen molar-refractivity contribution in [1.82, 2.24) is 4.90 Å². The summed E-state index contributed by atoms with van der Waals surface area (Å²) < 4.78 is 11.2. The lowest BCUT2D eigenvalue weighted by molar-refractivity contribution is -0.144. The van der Waals surface area contributed by atoms with Crippen LogP contribution >= 0.6 is 0 Å². The predicted octanol–water partition coefficient (Wildman–Crippen LogP) is 5.52. The molecular formula is C34H28N2O7. The lowest BCUT2D eigenvalue weighted by atomic mass is 9.98. The summed E-state index contributed by atoms with van der Waals surface area (Å²) in [6.07, 6.45) is -3.29. The normalized spacial score (nSPS) is 13.7. The molecule has 2 aliphatic rings. The minimum Gasteiger partial charge on any atom is -0.480 e. The van der Waals surface area contributed by atoms with Crippen molar-refractivity contribution < 1.29 is 33.8 Å². The lowest BCUT2D eigenvalue weighted by Crippen LogP contribution is -2.51. The predicted molar refractivity (Wildman–Crippen MR) is 157 cm³/mol. The van der Waals surface area contributed by atoms with Gasteiger partial charge in [-0.25, -0.2) is 14.4 Å². The summed E-state index contributed by atoms with van der Waals surface area (Å²) in [6.45, 7) is -0.328. The number of amides is 3. The Bertz CT molecular complexity index is 1550. The summed E-state index contributed by atoms with van der Waals surface area (Å²) in [5, 5.41) is 9.91. The van der Waals surface area contributed by atoms with Gasteiger partial charge >= 0.3 is 18.2 Å². The van der Waals surface area contributed by atoms with Crippen LogP contribution in [0.4, 0.5) is 9.59 Å².